The predicted molar refractivity (Wildman–Crippen MR) is 526 cm³/mol. The van der Waals surface area contributed by atoms with Crippen LogP contribution in [0.3, 0.4) is 0 Å². The van der Waals surface area contributed by atoms with Crippen LogP contribution in [-0.4, -0.2) is 152 Å². The largest absolute Gasteiger partial charge is 2.00 e. The first-order valence-corrected chi connectivity index (χ1v) is 49.8. The van der Waals surface area contributed by atoms with Gasteiger partial charge in [-0.05, 0) is 152 Å². The van der Waals surface area contributed by atoms with Gasteiger partial charge in [0.15, 0.2) is 6.29 Å². The van der Waals surface area contributed by atoms with Crippen molar-refractivity contribution in [2.75, 3.05) is 37.1 Å². The van der Waals surface area contributed by atoms with Crippen molar-refractivity contribution >= 4 is 35.2 Å². The third-order valence-corrected chi connectivity index (χ3v) is 26.8. The Morgan fingerprint density at radius 1 is 0.583 bits per heavy atom. The molecule has 20 nitrogen and oxygen atoms in total. The summed E-state index contributed by atoms with van der Waals surface area (Å²) in [6, 6.07) is 18.7. The fourth-order valence-electron chi connectivity index (χ4n) is 17.5. The van der Waals surface area contributed by atoms with E-state index in [-0.39, 0.29) is 62.3 Å². The Labute approximate surface area is 789 Å². The van der Waals surface area contributed by atoms with Gasteiger partial charge >= 0.3 is 23.1 Å². The molecule has 22 heteroatoms. The molecule has 0 bridgehead atoms. The SMILES string of the molecule is C1CCCC1.C=C1NC(=O)C(C(C)C)=CN1[C@H]1C[C@@H](O)[C@@H](CO)O1.C=C1NNC(=O)N1c1ccc(OCC(C)C)cc1.C=C1N[C@H]2[C@H](CS[C@H]2CCCCC(=O)CCC(C)C)N1.CC(C)C1CCCC1.CC(C)CO[C@H]1OC(CO)[C@@H](O)[C@H](O)C1O.CC(C)c1ccccc1.CCC1[C@H]2CC/C(C(C)C)=C(/C(C)C)CC[C@@H]12.CCCCCCCCCC(C)C.[CH3-].[CH3-].[Fe+2]. The molecule has 2 aromatic carbocycles. The van der Waals surface area contributed by atoms with Gasteiger partial charge in [0, 0.05) is 42.0 Å². The van der Waals surface area contributed by atoms with E-state index < -0.39 is 55.7 Å². The van der Waals surface area contributed by atoms with Crippen molar-refractivity contribution in [2.45, 2.75) is 397 Å². The number of thioether (sulfide) groups is 1. The van der Waals surface area contributed by atoms with Crippen LogP contribution >= 0.6 is 11.8 Å². The Balaban J connectivity index is 0.000000726. The quantitative estimate of drug-likeness (QED) is 0.0141. The molecular formula is C105H185FeN7O13S. The smallest absolute Gasteiger partial charge is 0.493 e. The summed E-state index contributed by atoms with van der Waals surface area (Å²) in [5.74, 6) is 14.0. The van der Waals surface area contributed by atoms with Crippen LogP contribution in [0, 0.1) is 85.9 Å². The van der Waals surface area contributed by atoms with Crippen LogP contribution in [0.4, 0.5) is 10.5 Å². The monoisotopic (exact) mass is 1840 g/mol. The number of benzene rings is 2. The van der Waals surface area contributed by atoms with Gasteiger partial charge in [0.05, 0.1) is 56.1 Å². The minimum absolute atomic E-state index is 0. The first-order valence-electron chi connectivity index (χ1n) is 48.7. The number of hydrazine groups is 1. The van der Waals surface area contributed by atoms with Gasteiger partial charge in [-0.15, -0.1) is 0 Å². The van der Waals surface area contributed by atoms with E-state index in [9.17, 15) is 34.8 Å². The molecule has 11 N–H and O–H groups in total. The number of aliphatic hydroxyl groups is 6. The summed E-state index contributed by atoms with van der Waals surface area (Å²) in [5, 5.41) is 66.5. The minimum Gasteiger partial charge on any atom is -0.493 e. The zero-order valence-corrected chi connectivity index (χ0v) is 85.4. The second-order valence-electron chi connectivity index (χ2n) is 39.4. The number of urea groups is 1. The predicted octanol–water partition coefficient (Wildman–Crippen LogP) is 22.4. The Hall–Kier alpha value is -4.94. The molecule has 127 heavy (non-hydrogen) atoms. The van der Waals surface area contributed by atoms with E-state index in [0.29, 0.717) is 77.7 Å². The zero-order valence-electron chi connectivity index (χ0n) is 83.5. The fourth-order valence-corrected chi connectivity index (χ4v) is 19.0. The number of amides is 3. The van der Waals surface area contributed by atoms with Crippen molar-refractivity contribution in [2.24, 2.45) is 71.0 Å². The maximum atomic E-state index is 11.8. The molecule has 8 fully saturated rings. The second-order valence-corrected chi connectivity index (χ2v) is 40.6. The molecule has 732 valence electrons. The van der Waals surface area contributed by atoms with Crippen LogP contribution < -0.4 is 36.4 Å². The Morgan fingerprint density at radius 3 is 1.61 bits per heavy atom. The van der Waals surface area contributed by atoms with E-state index in [1.807, 2.05) is 58.0 Å². The number of ether oxygens (including phenoxy) is 4. The number of allylic oxidation sites excluding steroid dienone is 2. The van der Waals surface area contributed by atoms with Gasteiger partial charge in [0.2, 0.25) is 0 Å². The molecule has 12 rings (SSSR count). The molecule has 3 unspecified atom stereocenters. The number of carbonyl (C=O) groups is 3. The van der Waals surface area contributed by atoms with E-state index >= 15 is 0 Å². The summed E-state index contributed by atoms with van der Waals surface area (Å²) < 4.78 is 21.5. The van der Waals surface area contributed by atoms with E-state index in [4.69, 9.17) is 29.2 Å². The van der Waals surface area contributed by atoms with E-state index in [0.717, 1.165) is 90.3 Å². The van der Waals surface area contributed by atoms with Gasteiger partial charge in [-0.1, -0.05) is 322 Å². The normalized spacial score (nSPS) is 25.6. The number of unbranched alkanes of at least 4 members (excludes halogenated alkanes) is 7. The Bertz CT molecular complexity index is 3310. The minimum atomic E-state index is -1.37. The summed E-state index contributed by atoms with van der Waals surface area (Å²) in [6.07, 6.45) is 32.6. The maximum absolute atomic E-state index is 11.8. The van der Waals surface area contributed by atoms with Gasteiger partial charge in [-0.25, -0.2) is 15.1 Å². The fraction of sp³-hybridized carbons (Fsp3) is 0.743. The van der Waals surface area contributed by atoms with Crippen molar-refractivity contribution in [3.8, 4) is 5.75 Å². The number of hydrogen-bond donors (Lipinski definition) is 11. The number of Topliss-reactive ketones (excluding diaryl/α,β-unsaturated/α-hetero) is 1. The standard InChI is InChI=1S/C17H30.C16H28N2OS.C13H17N3O2.C13H20N2O4.C12H26.C10H20O6.C9H12.C8H16.C5H10.2CH3.Fe/c1-6-13-16-9-7-14(11(2)3)15(12(4)5)8-10-17(13)16;1-11(2)8-9-13(19)6-4-5-7-15-16-14(10-20-15)17-12(3)18-16;1-9(2)8-18-12-6-4-11(5-7-12)16-10(3)14-15-13(16)17;1-7(2)9-5-15(8(3)14-13(9)18)12-4-10(17)11(6-16)19-12;1-4-5-6-7-8-9-10-11-12(2)3;1-5(2)4-15-10-9(14)8(13)7(12)6(3-11)16-10;1-8(2)9-6-4-3-5-7-9;1-7(2)8-5-3-4-6-8;1-2-4-5-3-1;;;/h11-13,16-17H,6-10H2,1-5H3;11,14-18H,3-10H2,1-2H3;4-7,9,14H,3,8H2,1-2H3,(H,15,17);5,7,10-12,16-17H,3-4,6H2,1-2H3,(H,14,18);12H,4-11H2,1-3H3;5-14H,3-4H2,1-2H3;3-8H,1-2H3;7-8H,3-6H2,1-2H3;1-5H2;2*1H3;/q;;;;;;;;;2*-1;+2/b15-14-;;;;;;;;;;;/t13?,16-,17+;14-,15-,16-;;10-,11-,12-;;6?,7-,8+,9?,10+;;;;;;/m.0.1.1....../s1. The Kier molecular flexibility index (Phi) is 62.0. The first kappa shape index (κ1) is 120. The van der Waals surface area contributed by atoms with Crippen LogP contribution in [0.1, 0.15) is 336 Å². The number of fused-ring (bicyclic) bond motifs is 2. The third-order valence-electron chi connectivity index (χ3n) is 25.3. The molecule has 0 radical (unpaired) electrons. The van der Waals surface area contributed by atoms with Crippen molar-refractivity contribution < 1.29 is 81.0 Å². The van der Waals surface area contributed by atoms with Crippen molar-refractivity contribution in [1.29, 1.82) is 0 Å². The molecule has 6 aliphatic heterocycles. The van der Waals surface area contributed by atoms with Crippen molar-refractivity contribution in [1.82, 2.24) is 31.7 Å². The Morgan fingerprint density at radius 2 is 1.14 bits per heavy atom. The molecule has 6 heterocycles. The van der Waals surface area contributed by atoms with Crippen molar-refractivity contribution in [3.05, 3.63) is 135 Å². The van der Waals surface area contributed by atoms with Crippen LogP contribution in [0.5, 0.6) is 5.75 Å². The van der Waals surface area contributed by atoms with Crippen LogP contribution in [0.25, 0.3) is 0 Å². The first-order chi connectivity index (χ1) is 59.0. The number of nitrogens with one attached hydrogen (secondary N) is 5. The molecule has 2 aromatic rings. The number of ketones is 1. The molecule has 4 aliphatic carbocycles. The average Bonchev–Trinajstić information content (AvgIpc) is 1.62. The summed E-state index contributed by atoms with van der Waals surface area (Å²) >= 11 is 2.06. The molecule has 10 aliphatic rings. The van der Waals surface area contributed by atoms with Crippen LogP contribution in [0.15, 0.2) is 115 Å². The van der Waals surface area contributed by atoms with Crippen molar-refractivity contribution in [3.63, 3.8) is 0 Å². The topological polar surface area (TPSA) is 276 Å². The van der Waals surface area contributed by atoms with E-state index in [1.54, 1.807) is 22.2 Å². The van der Waals surface area contributed by atoms with Crippen LogP contribution in [0.2, 0.25) is 0 Å². The van der Waals surface area contributed by atoms with Gasteiger partial charge in [0.25, 0.3) is 5.91 Å². The maximum Gasteiger partial charge on any atom is 2.00 e. The number of aliphatic hydroxyl groups excluding tert-OH is 6. The molecule has 14 atom stereocenters. The summed E-state index contributed by atoms with van der Waals surface area (Å²) in [4.78, 5) is 38.2. The number of rotatable bonds is 32. The molecule has 5 saturated heterocycles. The van der Waals surface area contributed by atoms with Crippen LogP contribution in [-0.2, 0) is 40.9 Å². The van der Waals surface area contributed by atoms with E-state index in [1.165, 1.54) is 170 Å². The summed E-state index contributed by atoms with van der Waals surface area (Å²) in [5.41, 5.74) is 11.6. The van der Waals surface area contributed by atoms with Gasteiger partial charge in [-0.2, -0.15) is 11.8 Å². The van der Waals surface area contributed by atoms with E-state index in [2.05, 4.69) is 193 Å². The van der Waals surface area contributed by atoms with Gasteiger partial charge in [0.1, 0.15) is 59.9 Å². The molecule has 3 amide bonds. The molecule has 3 saturated carbocycles. The number of carbonyl (C=O) groups excluding carboxylic acids is 3. The number of nitrogens with zero attached hydrogens (tertiary/aromatic N) is 2. The summed E-state index contributed by atoms with van der Waals surface area (Å²) in [6.45, 7) is 56.1. The van der Waals surface area contributed by atoms with Gasteiger partial charge < -0.3 is 85.3 Å². The average molecular weight is 1840 g/mol. The molecule has 0 aromatic heterocycles. The molecule has 0 spiro atoms. The zero-order chi connectivity index (χ0) is 92.1. The number of anilines is 1. The number of hydrogen-bond acceptors (Lipinski definition) is 18. The second kappa shape index (κ2) is 65.6. The molecular weight excluding hydrogens is 1660 g/mol. The summed E-state index contributed by atoms with van der Waals surface area (Å²) in [7, 11) is 0. The van der Waals surface area contributed by atoms with Gasteiger partial charge in [-0.3, -0.25) is 15.0 Å². The third kappa shape index (κ3) is 44.6.